The maximum atomic E-state index is 4.49. The van der Waals surface area contributed by atoms with Gasteiger partial charge in [0.25, 0.3) is 0 Å². The Kier molecular flexibility index (Phi) is 1.54. The number of hydrogen-bond donors (Lipinski definition) is 1. The van der Waals surface area contributed by atoms with Gasteiger partial charge in [0.15, 0.2) is 0 Å². The van der Waals surface area contributed by atoms with E-state index in [4.69, 9.17) is 0 Å². The number of pyridine rings is 1. The first kappa shape index (κ1) is 7.85. The molecule has 1 N–H and O–H groups in total. The van der Waals surface area contributed by atoms with Crippen molar-refractivity contribution in [3.8, 4) is 0 Å². The summed E-state index contributed by atoms with van der Waals surface area (Å²) < 4.78 is 2.20. The summed E-state index contributed by atoms with van der Waals surface area (Å²) in [6.07, 6.45) is 6.64. The van der Waals surface area contributed by atoms with Gasteiger partial charge < -0.3 is 9.72 Å². The van der Waals surface area contributed by atoms with Gasteiger partial charge in [0.1, 0.15) is 5.82 Å². The highest BCUT2D eigenvalue weighted by molar-refractivity contribution is 5.71. The van der Waals surface area contributed by atoms with Crippen molar-refractivity contribution in [3.05, 3.63) is 30.4 Å². The Bertz CT molecular complexity index is 468. The summed E-state index contributed by atoms with van der Waals surface area (Å²) in [4.78, 5) is 4.49. The minimum Gasteiger partial charge on any atom is -0.386 e. The van der Waals surface area contributed by atoms with Crippen LogP contribution in [-0.4, -0.2) is 16.4 Å². The van der Waals surface area contributed by atoms with Crippen LogP contribution in [-0.2, 0) is 0 Å². The first-order valence-electron chi connectivity index (χ1n) is 5.04. The summed E-state index contributed by atoms with van der Waals surface area (Å²) in [6, 6.07) is 4.14. The quantitative estimate of drug-likeness (QED) is 0.781. The molecule has 0 atom stereocenters. The second-order valence-electron chi connectivity index (χ2n) is 3.82. The molecule has 0 spiro atoms. The molecule has 0 saturated heterocycles. The van der Waals surface area contributed by atoms with Gasteiger partial charge in [-0.2, -0.15) is 0 Å². The van der Waals surface area contributed by atoms with E-state index in [-0.39, 0.29) is 0 Å². The molecule has 1 aliphatic carbocycles. The molecule has 14 heavy (non-hydrogen) atoms. The fourth-order valence-corrected chi connectivity index (χ4v) is 1.90. The topological polar surface area (TPSA) is 29.3 Å². The SMILES string of the molecule is CNc1cccn2c(C3CC3)ncc12. The Morgan fingerprint density at radius 3 is 3.07 bits per heavy atom. The van der Waals surface area contributed by atoms with Crippen LogP contribution in [0.25, 0.3) is 5.52 Å². The van der Waals surface area contributed by atoms with Gasteiger partial charge >= 0.3 is 0 Å². The number of aromatic nitrogens is 2. The maximum absolute atomic E-state index is 4.49. The number of rotatable bonds is 2. The number of anilines is 1. The van der Waals surface area contributed by atoms with E-state index in [0.29, 0.717) is 5.92 Å². The molecular weight excluding hydrogens is 174 g/mol. The molecule has 1 saturated carbocycles. The molecule has 0 aliphatic heterocycles. The molecular formula is C11H13N3. The summed E-state index contributed by atoms with van der Waals surface area (Å²) in [7, 11) is 1.94. The van der Waals surface area contributed by atoms with Gasteiger partial charge in [-0.1, -0.05) is 0 Å². The van der Waals surface area contributed by atoms with Crippen LogP contribution in [0.15, 0.2) is 24.5 Å². The lowest BCUT2D eigenvalue weighted by Crippen LogP contribution is -1.95. The van der Waals surface area contributed by atoms with Gasteiger partial charge in [-0.25, -0.2) is 4.98 Å². The monoisotopic (exact) mass is 187 g/mol. The standard InChI is InChI=1S/C11H13N3/c1-12-9-3-2-6-14-10(9)7-13-11(14)8-4-5-8/h2-3,6-8,12H,4-5H2,1H3. The Balaban J connectivity index is 2.25. The van der Waals surface area contributed by atoms with E-state index in [1.165, 1.54) is 24.2 Å². The largest absolute Gasteiger partial charge is 0.386 e. The Morgan fingerprint density at radius 2 is 2.36 bits per heavy atom. The van der Waals surface area contributed by atoms with E-state index >= 15 is 0 Å². The molecule has 3 heteroatoms. The molecule has 0 bridgehead atoms. The lowest BCUT2D eigenvalue weighted by atomic mass is 10.3. The predicted molar refractivity (Wildman–Crippen MR) is 56.7 cm³/mol. The van der Waals surface area contributed by atoms with E-state index in [2.05, 4.69) is 33.0 Å². The fourth-order valence-electron chi connectivity index (χ4n) is 1.90. The summed E-state index contributed by atoms with van der Waals surface area (Å²) in [5, 5.41) is 3.18. The second kappa shape index (κ2) is 2.74. The average Bonchev–Trinajstić information content (AvgIpc) is 2.97. The lowest BCUT2D eigenvalue weighted by Gasteiger charge is -2.03. The molecule has 72 valence electrons. The number of nitrogens with one attached hydrogen (secondary N) is 1. The smallest absolute Gasteiger partial charge is 0.116 e. The van der Waals surface area contributed by atoms with Crippen molar-refractivity contribution in [3.63, 3.8) is 0 Å². The van der Waals surface area contributed by atoms with E-state index in [0.717, 1.165) is 5.69 Å². The van der Waals surface area contributed by atoms with Gasteiger partial charge in [0.2, 0.25) is 0 Å². The zero-order valence-corrected chi connectivity index (χ0v) is 8.20. The van der Waals surface area contributed by atoms with Crippen LogP contribution < -0.4 is 5.32 Å². The normalized spacial score (nSPS) is 16.1. The van der Waals surface area contributed by atoms with Crippen LogP contribution >= 0.6 is 0 Å². The predicted octanol–water partition coefficient (Wildman–Crippen LogP) is 2.25. The Labute approximate surface area is 82.8 Å². The molecule has 1 fully saturated rings. The van der Waals surface area contributed by atoms with Gasteiger partial charge in [0.05, 0.1) is 17.4 Å². The average molecular weight is 187 g/mol. The Hall–Kier alpha value is -1.51. The molecule has 0 aromatic carbocycles. The molecule has 3 nitrogen and oxygen atoms in total. The van der Waals surface area contributed by atoms with Crippen molar-refractivity contribution in [1.82, 2.24) is 9.38 Å². The van der Waals surface area contributed by atoms with E-state index in [9.17, 15) is 0 Å². The van der Waals surface area contributed by atoms with Crippen LogP contribution in [0.4, 0.5) is 5.69 Å². The third-order valence-corrected chi connectivity index (χ3v) is 2.81. The zero-order chi connectivity index (χ0) is 9.54. The third-order valence-electron chi connectivity index (χ3n) is 2.81. The Morgan fingerprint density at radius 1 is 1.50 bits per heavy atom. The minimum atomic E-state index is 0.699. The fraction of sp³-hybridized carbons (Fsp3) is 0.364. The number of fused-ring (bicyclic) bond motifs is 1. The van der Waals surface area contributed by atoms with Crippen LogP contribution in [0.1, 0.15) is 24.6 Å². The van der Waals surface area contributed by atoms with Crippen LogP contribution in [0.3, 0.4) is 0 Å². The van der Waals surface area contributed by atoms with Crippen molar-refractivity contribution in [2.75, 3.05) is 12.4 Å². The summed E-state index contributed by atoms with van der Waals surface area (Å²) >= 11 is 0. The number of nitrogens with zero attached hydrogens (tertiary/aromatic N) is 2. The third kappa shape index (κ3) is 1.02. The van der Waals surface area contributed by atoms with Crippen LogP contribution in [0, 0.1) is 0 Å². The molecule has 0 amide bonds. The first-order chi connectivity index (χ1) is 6.90. The van der Waals surface area contributed by atoms with E-state index in [1.54, 1.807) is 0 Å². The maximum Gasteiger partial charge on any atom is 0.116 e. The van der Waals surface area contributed by atoms with E-state index in [1.807, 2.05) is 13.2 Å². The highest BCUT2D eigenvalue weighted by Gasteiger charge is 2.27. The summed E-state index contributed by atoms with van der Waals surface area (Å²) in [6.45, 7) is 0. The molecule has 3 rings (SSSR count). The van der Waals surface area contributed by atoms with Gasteiger partial charge in [-0.3, -0.25) is 0 Å². The first-order valence-corrected chi connectivity index (χ1v) is 5.04. The summed E-state index contributed by atoms with van der Waals surface area (Å²) in [5.74, 6) is 1.92. The van der Waals surface area contributed by atoms with Crippen molar-refractivity contribution in [2.24, 2.45) is 0 Å². The highest BCUT2D eigenvalue weighted by atomic mass is 15.0. The van der Waals surface area contributed by atoms with E-state index < -0.39 is 0 Å². The molecule has 1 aliphatic rings. The highest BCUT2D eigenvalue weighted by Crippen LogP contribution is 2.39. The van der Waals surface area contributed by atoms with Crippen molar-refractivity contribution >= 4 is 11.2 Å². The lowest BCUT2D eigenvalue weighted by molar-refractivity contribution is 0.921. The molecule has 0 unspecified atom stereocenters. The minimum absolute atomic E-state index is 0.699. The van der Waals surface area contributed by atoms with Gasteiger partial charge in [-0.15, -0.1) is 0 Å². The van der Waals surface area contributed by atoms with Crippen molar-refractivity contribution < 1.29 is 0 Å². The molecule has 2 heterocycles. The van der Waals surface area contributed by atoms with Crippen LogP contribution in [0.5, 0.6) is 0 Å². The number of imidazole rings is 1. The van der Waals surface area contributed by atoms with Crippen molar-refractivity contribution in [1.29, 1.82) is 0 Å². The zero-order valence-electron chi connectivity index (χ0n) is 8.20. The van der Waals surface area contributed by atoms with Gasteiger partial charge in [-0.05, 0) is 25.0 Å². The van der Waals surface area contributed by atoms with Crippen molar-refractivity contribution in [2.45, 2.75) is 18.8 Å². The van der Waals surface area contributed by atoms with Crippen LogP contribution in [0.2, 0.25) is 0 Å². The molecule has 2 aromatic rings. The molecule has 0 radical (unpaired) electrons. The number of hydrogen-bond acceptors (Lipinski definition) is 2. The van der Waals surface area contributed by atoms with Gasteiger partial charge in [0, 0.05) is 19.2 Å². The summed E-state index contributed by atoms with van der Waals surface area (Å²) in [5.41, 5.74) is 2.32. The second-order valence-corrected chi connectivity index (χ2v) is 3.82. The molecule has 2 aromatic heterocycles.